The summed E-state index contributed by atoms with van der Waals surface area (Å²) in [6.45, 7) is 0. The molecule has 0 spiro atoms. The summed E-state index contributed by atoms with van der Waals surface area (Å²) in [6.07, 6.45) is -0.544. The van der Waals surface area contributed by atoms with Gasteiger partial charge in [-0.25, -0.2) is 9.59 Å². The lowest BCUT2D eigenvalue weighted by Crippen LogP contribution is -2.45. The molecule has 0 aliphatic heterocycles. The van der Waals surface area contributed by atoms with Crippen molar-refractivity contribution in [3.05, 3.63) is 27.2 Å². The van der Waals surface area contributed by atoms with Crippen molar-refractivity contribution in [1.29, 1.82) is 0 Å². The molecule has 0 aliphatic carbocycles. The second-order valence-corrected chi connectivity index (χ2v) is 5.13. The van der Waals surface area contributed by atoms with E-state index in [4.69, 9.17) is 45.6 Å². The summed E-state index contributed by atoms with van der Waals surface area (Å²) in [5.41, 5.74) is 5.02. The maximum atomic E-state index is 11.7. The third-order valence-electron chi connectivity index (χ3n) is 2.27. The summed E-state index contributed by atoms with van der Waals surface area (Å²) in [5, 5.41) is 13.7. The average molecular weight is 355 g/mol. The number of carbonyl (C=O) groups excluding carboxylic acids is 2. The highest BCUT2D eigenvalue weighted by Crippen LogP contribution is 2.32. The van der Waals surface area contributed by atoms with Crippen molar-refractivity contribution in [2.75, 3.05) is 5.32 Å². The minimum absolute atomic E-state index is 0.112. The van der Waals surface area contributed by atoms with Crippen LogP contribution in [0, 0.1) is 0 Å². The van der Waals surface area contributed by atoms with Crippen LogP contribution in [0.1, 0.15) is 6.42 Å². The van der Waals surface area contributed by atoms with Gasteiger partial charge >= 0.3 is 12.0 Å². The molecule has 10 heteroatoms. The van der Waals surface area contributed by atoms with Crippen molar-refractivity contribution in [2.24, 2.45) is 5.73 Å². The van der Waals surface area contributed by atoms with E-state index >= 15 is 0 Å². The molecule has 0 aliphatic rings. The number of hydrogen-bond acceptors (Lipinski definition) is 3. The van der Waals surface area contributed by atoms with E-state index in [0.717, 1.165) is 0 Å². The highest BCUT2D eigenvalue weighted by molar-refractivity contribution is 6.44. The first-order valence-corrected chi connectivity index (χ1v) is 6.57. The first-order valence-electron chi connectivity index (χ1n) is 5.44. The monoisotopic (exact) mass is 353 g/mol. The van der Waals surface area contributed by atoms with Crippen LogP contribution in [0.2, 0.25) is 15.1 Å². The van der Waals surface area contributed by atoms with Gasteiger partial charge in [0.15, 0.2) is 0 Å². The topological polar surface area (TPSA) is 122 Å². The number of rotatable bonds is 5. The number of nitrogens with one attached hydrogen (secondary N) is 2. The number of primary amides is 1. The summed E-state index contributed by atoms with van der Waals surface area (Å²) in [7, 11) is 0. The molecule has 114 valence electrons. The molecule has 0 radical (unpaired) electrons. The van der Waals surface area contributed by atoms with Gasteiger partial charge in [-0.2, -0.15) is 0 Å². The minimum Gasteiger partial charge on any atom is -0.480 e. The lowest BCUT2D eigenvalue weighted by molar-refractivity contribution is -0.140. The molecule has 1 aromatic carbocycles. The summed E-state index contributed by atoms with van der Waals surface area (Å²) in [6, 6.07) is 0.280. The van der Waals surface area contributed by atoms with Gasteiger partial charge < -0.3 is 21.5 Å². The molecular formula is C11H10Cl3N3O4. The lowest BCUT2D eigenvalue weighted by Gasteiger charge is -2.14. The predicted octanol–water partition coefficient (Wildman–Crippen LogP) is 2.10. The summed E-state index contributed by atoms with van der Waals surface area (Å²) < 4.78 is 0. The smallest absolute Gasteiger partial charge is 0.326 e. The third-order valence-corrected chi connectivity index (χ3v) is 3.30. The quantitative estimate of drug-likeness (QED) is 0.605. The number of urea groups is 1. The largest absolute Gasteiger partial charge is 0.480 e. The maximum absolute atomic E-state index is 11.7. The molecule has 5 N–H and O–H groups in total. The van der Waals surface area contributed by atoms with Gasteiger partial charge in [-0.3, -0.25) is 4.79 Å². The molecule has 0 bridgehead atoms. The Morgan fingerprint density at radius 1 is 1.14 bits per heavy atom. The van der Waals surface area contributed by atoms with E-state index in [1.54, 1.807) is 0 Å². The second kappa shape index (κ2) is 7.35. The van der Waals surface area contributed by atoms with Crippen molar-refractivity contribution in [2.45, 2.75) is 12.5 Å². The number of halogens is 3. The lowest BCUT2D eigenvalue weighted by atomic mass is 10.2. The van der Waals surface area contributed by atoms with Gasteiger partial charge in [-0.1, -0.05) is 34.8 Å². The Balaban J connectivity index is 2.79. The van der Waals surface area contributed by atoms with Gasteiger partial charge in [0, 0.05) is 0 Å². The van der Waals surface area contributed by atoms with Gasteiger partial charge in [0.2, 0.25) is 5.91 Å². The third kappa shape index (κ3) is 5.30. The molecule has 0 saturated carbocycles. The number of carboxylic acids is 1. The Bertz CT molecular complexity index is 594. The Morgan fingerprint density at radius 3 is 2.24 bits per heavy atom. The van der Waals surface area contributed by atoms with Crippen molar-refractivity contribution in [3.63, 3.8) is 0 Å². The SMILES string of the molecule is NC(=O)CC(NC(=O)Nc1cc(Cl)c(Cl)cc1Cl)C(=O)O. The van der Waals surface area contributed by atoms with Crippen molar-refractivity contribution in [3.8, 4) is 0 Å². The number of anilines is 1. The molecule has 1 aromatic rings. The summed E-state index contributed by atoms with van der Waals surface area (Å²) in [4.78, 5) is 33.3. The van der Waals surface area contributed by atoms with Gasteiger partial charge in [0.25, 0.3) is 0 Å². The van der Waals surface area contributed by atoms with E-state index in [-0.39, 0.29) is 20.8 Å². The van der Waals surface area contributed by atoms with Gasteiger partial charge in [0.1, 0.15) is 6.04 Å². The molecule has 0 saturated heterocycles. The fourth-order valence-corrected chi connectivity index (χ4v) is 1.93. The highest BCUT2D eigenvalue weighted by atomic mass is 35.5. The first kappa shape index (κ1) is 17.4. The maximum Gasteiger partial charge on any atom is 0.326 e. The molecule has 1 unspecified atom stereocenters. The molecule has 1 atom stereocenters. The fraction of sp³-hybridized carbons (Fsp3) is 0.182. The van der Waals surface area contributed by atoms with Crippen LogP contribution in [0.15, 0.2) is 12.1 Å². The Morgan fingerprint density at radius 2 is 1.71 bits per heavy atom. The van der Waals surface area contributed by atoms with Crippen LogP contribution >= 0.6 is 34.8 Å². The zero-order valence-corrected chi connectivity index (χ0v) is 12.6. The average Bonchev–Trinajstić information content (AvgIpc) is 2.34. The van der Waals surface area contributed by atoms with Crippen LogP contribution in [-0.2, 0) is 9.59 Å². The van der Waals surface area contributed by atoms with Crippen LogP contribution in [0.5, 0.6) is 0 Å². The Labute approximate surface area is 134 Å². The molecule has 0 aromatic heterocycles. The molecule has 3 amide bonds. The zero-order valence-electron chi connectivity index (χ0n) is 10.3. The van der Waals surface area contributed by atoms with Crippen LogP contribution in [0.4, 0.5) is 10.5 Å². The molecule has 1 rings (SSSR count). The highest BCUT2D eigenvalue weighted by Gasteiger charge is 2.22. The molecule has 0 heterocycles. The number of carboxylic acid groups (broad SMARTS) is 1. The number of amides is 3. The minimum atomic E-state index is -1.45. The number of benzene rings is 1. The van der Waals surface area contributed by atoms with Crippen molar-refractivity contribution >= 4 is 58.4 Å². The van der Waals surface area contributed by atoms with E-state index in [2.05, 4.69) is 10.6 Å². The molecule has 7 nitrogen and oxygen atoms in total. The molecular weight excluding hydrogens is 344 g/mol. The second-order valence-electron chi connectivity index (χ2n) is 3.91. The summed E-state index contributed by atoms with van der Waals surface area (Å²) >= 11 is 17.4. The molecule has 21 heavy (non-hydrogen) atoms. The van der Waals surface area contributed by atoms with Crippen LogP contribution in [0.25, 0.3) is 0 Å². The number of aliphatic carboxylic acids is 1. The van der Waals surface area contributed by atoms with Gasteiger partial charge in [0.05, 0.1) is 27.2 Å². The van der Waals surface area contributed by atoms with Crippen molar-refractivity contribution in [1.82, 2.24) is 5.32 Å². The van der Waals surface area contributed by atoms with Crippen LogP contribution in [-0.4, -0.2) is 29.1 Å². The Hall–Kier alpha value is -1.70. The van der Waals surface area contributed by atoms with Crippen molar-refractivity contribution < 1.29 is 19.5 Å². The van der Waals surface area contributed by atoms with Crippen LogP contribution < -0.4 is 16.4 Å². The molecule has 0 fully saturated rings. The van der Waals surface area contributed by atoms with Gasteiger partial charge in [-0.05, 0) is 12.1 Å². The zero-order chi connectivity index (χ0) is 16.2. The van der Waals surface area contributed by atoms with E-state index in [0.29, 0.717) is 0 Å². The Kier molecular flexibility index (Phi) is 6.07. The number of carbonyl (C=O) groups is 3. The van der Waals surface area contributed by atoms with E-state index in [1.165, 1.54) is 12.1 Å². The predicted molar refractivity (Wildman–Crippen MR) is 78.9 cm³/mol. The standard InChI is InChI=1S/C11H10Cl3N3O4/c12-4-1-6(14)7(2-5(4)13)16-11(21)17-8(10(19)20)3-9(15)18/h1-2,8H,3H2,(H2,15,18)(H,19,20)(H2,16,17,21). The normalized spacial score (nSPS) is 11.6. The van der Waals surface area contributed by atoms with Crippen LogP contribution in [0.3, 0.4) is 0 Å². The fourth-order valence-electron chi connectivity index (χ4n) is 1.34. The van der Waals surface area contributed by atoms with Gasteiger partial charge in [-0.15, -0.1) is 0 Å². The summed E-state index contributed by atoms with van der Waals surface area (Å²) in [5.74, 6) is -2.26. The first-order chi connectivity index (χ1) is 9.70. The van der Waals surface area contributed by atoms with E-state index in [9.17, 15) is 14.4 Å². The van der Waals surface area contributed by atoms with E-state index < -0.39 is 30.4 Å². The number of nitrogens with two attached hydrogens (primary N) is 1. The number of hydrogen-bond donors (Lipinski definition) is 4. The van der Waals surface area contributed by atoms with E-state index in [1.807, 2.05) is 0 Å².